The van der Waals surface area contributed by atoms with Crippen LogP contribution in [0, 0.1) is 22.7 Å². The van der Waals surface area contributed by atoms with Gasteiger partial charge < -0.3 is 15.5 Å². The predicted octanol–water partition coefficient (Wildman–Crippen LogP) is 6.30. The van der Waals surface area contributed by atoms with Crippen LogP contribution in [0.3, 0.4) is 0 Å². The van der Waals surface area contributed by atoms with E-state index in [-0.39, 0.29) is 11.4 Å². The standard InChI is InChI=1S/C29H22N6OS2/c1-2-35-10-9-17-11-19(7-8-24(17)35)32-16-33-29-34-28-25(38-29)13-20(37-28)12-23-26(18(14-30)15-31)21-5-3-4-6-22(21)27(23)36/h3-8,11-13,32H,2,9-10,16H2,1H3,(H,33,34)/b23-12-. The van der Waals surface area contributed by atoms with E-state index in [0.717, 1.165) is 44.7 Å². The molecule has 7 nitrogen and oxygen atoms in total. The molecule has 0 unspecified atom stereocenters. The average Bonchev–Trinajstić information content (AvgIpc) is 3.67. The summed E-state index contributed by atoms with van der Waals surface area (Å²) in [6.45, 7) is 4.85. The monoisotopic (exact) mass is 534 g/mol. The molecule has 3 heterocycles. The Morgan fingerprint density at radius 3 is 2.68 bits per heavy atom. The topological polar surface area (TPSA) is 105 Å². The minimum absolute atomic E-state index is 0.0592. The summed E-state index contributed by atoms with van der Waals surface area (Å²) in [6, 6.07) is 19.5. The Morgan fingerprint density at radius 2 is 1.92 bits per heavy atom. The Morgan fingerprint density at radius 1 is 1.11 bits per heavy atom. The van der Waals surface area contributed by atoms with Gasteiger partial charge in [0, 0.05) is 46.1 Å². The molecule has 38 heavy (non-hydrogen) atoms. The zero-order chi connectivity index (χ0) is 26.2. The Hall–Kier alpha value is -4.44. The largest absolute Gasteiger partial charge is 0.371 e. The van der Waals surface area contributed by atoms with Crippen LogP contribution >= 0.6 is 22.7 Å². The maximum Gasteiger partial charge on any atom is 0.194 e. The maximum absolute atomic E-state index is 13.1. The first-order chi connectivity index (χ1) is 18.6. The summed E-state index contributed by atoms with van der Waals surface area (Å²) < 4.78 is 1.01. The molecule has 1 aliphatic carbocycles. The Labute approximate surface area is 228 Å². The van der Waals surface area contributed by atoms with Crippen LogP contribution in [0.5, 0.6) is 0 Å². The molecule has 0 atom stereocenters. The number of benzene rings is 2. The van der Waals surface area contributed by atoms with Crippen LogP contribution in [-0.2, 0) is 6.42 Å². The van der Waals surface area contributed by atoms with Gasteiger partial charge in [-0.1, -0.05) is 35.6 Å². The van der Waals surface area contributed by atoms with Crippen molar-refractivity contribution in [2.24, 2.45) is 0 Å². The molecule has 0 saturated heterocycles. The van der Waals surface area contributed by atoms with E-state index in [0.29, 0.717) is 28.9 Å². The first-order valence-corrected chi connectivity index (χ1v) is 13.9. The third-order valence-electron chi connectivity index (χ3n) is 6.81. The van der Waals surface area contributed by atoms with Gasteiger partial charge in [-0.05, 0) is 54.8 Å². The minimum atomic E-state index is -0.175. The second-order valence-corrected chi connectivity index (χ2v) is 11.0. The van der Waals surface area contributed by atoms with Gasteiger partial charge in [0.15, 0.2) is 10.9 Å². The molecule has 186 valence electrons. The molecule has 0 spiro atoms. The molecule has 4 aromatic rings. The molecule has 0 fully saturated rings. The van der Waals surface area contributed by atoms with Crippen molar-refractivity contribution in [1.29, 1.82) is 10.5 Å². The third-order valence-corrected chi connectivity index (χ3v) is 8.87. The number of fused-ring (bicyclic) bond motifs is 3. The highest BCUT2D eigenvalue weighted by molar-refractivity contribution is 7.29. The Kier molecular flexibility index (Phi) is 6.16. The van der Waals surface area contributed by atoms with Crippen molar-refractivity contribution in [2.75, 3.05) is 35.3 Å². The van der Waals surface area contributed by atoms with Crippen LogP contribution in [0.4, 0.5) is 16.5 Å². The number of allylic oxidation sites excluding steroid dienone is 3. The number of Topliss-reactive ketones (excluding diaryl/α,β-unsaturated/α-hetero) is 1. The summed E-state index contributed by atoms with van der Waals surface area (Å²) in [5.74, 6) is -0.175. The number of aromatic nitrogens is 1. The normalized spacial score (nSPS) is 14.9. The van der Waals surface area contributed by atoms with E-state index >= 15 is 0 Å². The maximum atomic E-state index is 13.1. The molecule has 0 bridgehead atoms. The van der Waals surface area contributed by atoms with Gasteiger partial charge in [-0.3, -0.25) is 4.79 Å². The fourth-order valence-corrected chi connectivity index (χ4v) is 7.08. The Balaban J connectivity index is 1.19. The van der Waals surface area contributed by atoms with Crippen LogP contribution in [-0.4, -0.2) is 30.5 Å². The summed E-state index contributed by atoms with van der Waals surface area (Å²) in [5, 5.41) is 26.6. The van der Waals surface area contributed by atoms with Gasteiger partial charge in [-0.2, -0.15) is 10.5 Å². The first kappa shape index (κ1) is 23.9. The highest BCUT2D eigenvalue weighted by Gasteiger charge is 2.32. The number of anilines is 3. The van der Waals surface area contributed by atoms with E-state index in [4.69, 9.17) is 4.98 Å². The lowest BCUT2D eigenvalue weighted by Gasteiger charge is -2.17. The quantitative estimate of drug-likeness (QED) is 0.170. The zero-order valence-corrected chi connectivity index (χ0v) is 22.2. The number of ketones is 1. The van der Waals surface area contributed by atoms with Crippen LogP contribution in [0.2, 0.25) is 0 Å². The SMILES string of the molecule is CCN1CCc2cc(NCNc3nc4sc(/C=C5\C(=O)c6ccccc6C5=C(C#N)C#N)cc4s3)ccc21. The van der Waals surface area contributed by atoms with Gasteiger partial charge in [-0.15, -0.1) is 11.3 Å². The number of rotatable bonds is 6. The molecule has 9 heteroatoms. The van der Waals surface area contributed by atoms with Crippen LogP contribution in [0.15, 0.2) is 59.7 Å². The van der Waals surface area contributed by atoms with Gasteiger partial charge in [0.2, 0.25) is 0 Å². The molecule has 2 aromatic heterocycles. The third kappa shape index (κ3) is 4.12. The number of nitrogens with zero attached hydrogens (tertiary/aromatic N) is 4. The van der Waals surface area contributed by atoms with Gasteiger partial charge in [0.25, 0.3) is 0 Å². The van der Waals surface area contributed by atoms with E-state index in [1.54, 1.807) is 41.7 Å². The number of thiazole rings is 1. The van der Waals surface area contributed by atoms with Gasteiger partial charge in [-0.25, -0.2) is 4.98 Å². The zero-order valence-electron chi connectivity index (χ0n) is 20.5. The molecule has 2 aromatic carbocycles. The molecule has 2 N–H and O–H groups in total. The number of carbonyl (C=O) groups excluding carboxylic acids is 1. The van der Waals surface area contributed by atoms with Crippen molar-refractivity contribution in [3.8, 4) is 12.1 Å². The van der Waals surface area contributed by atoms with E-state index in [9.17, 15) is 15.3 Å². The van der Waals surface area contributed by atoms with Crippen molar-refractivity contribution in [2.45, 2.75) is 13.3 Å². The van der Waals surface area contributed by atoms with Gasteiger partial charge in [0.05, 0.1) is 11.4 Å². The van der Waals surface area contributed by atoms with Gasteiger partial charge in [0.1, 0.15) is 22.5 Å². The van der Waals surface area contributed by atoms with Gasteiger partial charge >= 0.3 is 0 Å². The highest BCUT2D eigenvalue weighted by atomic mass is 32.1. The number of carbonyl (C=O) groups is 1. The molecular weight excluding hydrogens is 512 g/mol. The van der Waals surface area contributed by atoms with E-state index < -0.39 is 0 Å². The second kappa shape index (κ2) is 9.79. The smallest absolute Gasteiger partial charge is 0.194 e. The van der Waals surface area contributed by atoms with Crippen LogP contribution in [0.25, 0.3) is 21.2 Å². The number of nitriles is 2. The lowest BCUT2D eigenvalue weighted by atomic mass is 9.99. The summed E-state index contributed by atoms with van der Waals surface area (Å²) in [4.78, 5) is 22.0. The van der Waals surface area contributed by atoms with Crippen molar-refractivity contribution in [3.05, 3.63) is 81.2 Å². The fraction of sp³-hybridized carbons (Fsp3) is 0.172. The fourth-order valence-electron chi connectivity index (χ4n) is 5.02. The second-order valence-electron chi connectivity index (χ2n) is 8.95. The predicted molar refractivity (Wildman–Crippen MR) is 155 cm³/mol. The van der Waals surface area contributed by atoms with Crippen LogP contribution < -0.4 is 15.5 Å². The van der Waals surface area contributed by atoms with Crippen LogP contribution in [0.1, 0.15) is 33.3 Å². The molecule has 1 aliphatic heterocycles. The van der Waals surface area contributed by atoms with E-state index in [2.05, 4.69) is 40.7 Å². The van der Waals surface area contributed by atoms with Crippen molar-refractivity contribution < 1.29 is 4.79 Å². The average molecular weight is 535 g/mol. The molecule has 6 rings (SSSR count). The number of nitrogens with one attached hydrogen (secondary N) is 2. The summed E-state index contributed by atoms with van der Waals surface area (Å²) in [5.41, 5.74) is 5.66. The highest BCUT2D eigenvalue weighted by Crippen LogP contribution is 2.41. The minimum Gasteiger partial charge on any atom is -0.371 e. The lowest BCUT2D eigenvalue weighted by Crippen LogP contribution is -2.19. The Bertz CT molecular complexity index is 1700. The molecule has 0 radical (unpaired) electrons. The number of hydrogen-bond donors (Lipinski definition) is 2. The first-order valence-electron chi connectivity index (χ1n) is 12.3. The van der Waals surface area contributed by atoms with E-state index in [1.807, 2.05) is 18.2 Å². The molecular formula is C29H22N6OS2. The number of hydrogen-bond acceptors (Lipinski definition) is 9. The van der Waals surface area contributed by atoms with E-state index in [1.165, 1.54) is 22.6 Å². The molecule has 0 saturated carbocycles. The summed E-state index contributed by atoms with van der Waals surface area (Å²) >= 11 is 3.03. The molecule has 2 aliphatic rings. The number of thiophene rings is 1. The van der Waals surface area contributed by atoms with Crippen molar-refractivity contribution in [3.63, 3.8) is 0 Å². The molecule has 0 amide bonds. The van der Waals surface area contributed by atoms with Crippen molar-refractivity contribution in [1.82, 2.24) is 4.98 Å². The number of likely N-dealkylation sites (N-methyl/N-ethyl adjacent to an activating group) is 1. The van der Waals surface area contributed by atoms with Crippen molar-refractivity contribution >= 4 is 66.1 Å². The summed E-state index contributed by atoms with van der Waals surface area (Å²) in [7, 11) is 0. The summed E-state index contributed by atoms with van der Waals surface area (Å²) in [6.07, 6.45) is 2.85. The lowest BCUT2D eigenvalue weighted by molar-refractivity contribution is 0.104.